The van der Waals surface area contributed by atoms with Gasteiger partial charge in [0, 0.05) is 26.1 Å². The van der Waals surface area contributed by atoms with Gasteiger partial charge in [-0.1, -0.05) is 6.92 Å². The predicted molar refractivity (Wildman–Crippen MR) is 63.3 cm³/mol. The molecule has 7 heteroatoms. The molecule has 0 aromatic rings. The van der Waals surface area contributed by atoms with Crippen molar-refractivity contribution in [1.82, 2.24) is 10.2 Å². The van der Waals surface area contributed by atoms with Crippen molar-refractivity contribution >= 4 is 12.0 Å². The Morgan fingerprint density at radius 2 is 2.28 bits per heavy atom. The molecule has 1 saturated heterocycles. The lowest BCUT2D eigenvalue weighted by atomic mass is 10.2. The highest BCUT2D eigenvalue weighted by molar-refractivity contribution is 5.74. The van der Waals surface area contributed by atoms with E-state index in [2.05, 4.69) is 5.32 Å². The van der Waals surface area contributed by atoms with E-state index in [4.69, 9.17) is 14.9 Å². The molecule has 0 aromatic heterocycles. The summed E-state index contributed by atoms with van der Waals surface area (Å²) in [6.07, 6.45) is -0.517. The van der Waals surface area contributed by atoms with Gasteiger partial charge in [-0.2, -0.15) is 0 Å². The molecule has 2 amide bonds. The van der Waals surface area contributed by atoms with Gasteiger partial charge in [-0.25, -0.2) is 9.59 Å². The molecule has 7 nitrogen and oxygen atoms in total. The topological polar surface area (TPSA) is 99.1 Å². The maximum atomic E-state index is 11.7. The second-order valence-corrected chi connectivity index (χ2v) is 4.22. The summed E-state index contributed by atoms with van der Waals surface area (Å²) in [6.45, 7) is 3.73. The fraction of sp³-hybridized carbons (Fsp3) is 0.818. The number of carboxylic acid groups (broad SMARTS) is 1. The Bertz CT molecular complexity index is 297. The van der Waals surface area contributed by atoms with Gasteiger partial charge in [-0.05, 0) is 6.42 Å². The van der Waals surface area contributed by atoms with E-state index in [0.717, 1.165) is 6.42 Å². The lowest BCUT2D eigenvalue weighted by Crippen LogP contribution is -2.49. The summed E-state index contributed by atoms with van der Waals surface area (Å²) in [7, 11) is 0. The van der Waals surface area contributed by atoms with E-state index in [1.54, 1.807) is 4.90 Å². The summed E-state index contributed by atoms with van der Waals surface area (Å²) in [5.41, 5.74) is 0. The Kier molecular flexibility index (Phi) is 5.87. The van der Waals surface area contributed by atoms with Crippen molar-refractivity contribution in [2.24, 2.45) is 0 Å². The number of amides is 2. The number of urea groups is 1. The average molecular weight is 260 g/mol. The van der Waals surface area contributed by atoms with Crippen LogP contribution in [0.3, 0.4) is 0 Å². The summed E-state index contributed by atoms with van der Waals surface area (Å²) in [5, 5.41) is 20.1. The number of nitrogens with zero attached hydrogens (tertiary/aromatic N) is 1. The Morgan fingerprint density at radius 3 is 2.89 bits per heavy atom. The Hall–Kier alpha value is -1.34. The highest BCUT2D eigenvalue weighted by atomic mass is 16.5. The van der Waals surface area contributed by atoms with E-state index < -0.39 is 12.1 Å². The molecular formula is C11H20N2O5. The number of aliphatic hydroxyl groups is 1. The number of rotatable bonds is 5. The number of hydrogen-bond acceptors (Lipinski definition) is 4. The molecule has 0 aliphatic carbocycles. The summed E-state index contributed by atoms with van der Waals surface area (Å²) < 4.78 is 5.44. The molecule has 0 spiro atoms. The third-order valence-electron chi connectivity index (χ3n) is 2.86. The molecule has 104 valence electrons. The zero-order chi connectivity index (χ0) is 13.5. The number of nitrogens with one attached hydrogen (secondary N) is 1. The summed E-state index contributed by atoms with van der Waals surface area (Å²) in [6, 6.07) is -0.241. The van der Waals surface area contributed by atoms with E-state index in [9.17, 15) is 9.59 Å². The van der Waals surface area contributed by atoms with E-state index in [1.807, 2.05) is 6.92 Å². The largest absolute Gasteiger partial charge is 0.479 e. The van der Waals surface area contributed by atoms with Crippen molar-refractivity contribution in [3.8, 4) is 0 Å². The van der Waals surface area contributed by atoms with Crippen LogP contribution in [-0.2, 0) is 9.53 Å². The van der Waals surface area contributed by atoms with Crippen LogP contribution in [0.4, 0.5) is 4.79 Å². The van der Waals surface area contributed by atoms with Gasteiger partial charge in [-0.3, -0.25) is 0 Å². The lowest BCUT2D eigenvalue weighted by Gasteiger charge is -2.32. The van der Waals surface area contributed by atoms with Crippen LogP contribution in [0.1, 0.15) is 19.8 Å². The molecule has 1 fully saturated rings. The van der Waals surface area contributed by atoms with Crippen LogP contribution < -0.4 is 5.32 Å². The van der Waals surface area contributed by atoms with Gasteiger partial charge in [0.2, 0.25) is 0 Å². The van der Waals surface area contributed by atoms with Crippen molar-refractivity contribution in [3.05, 3.63) is 0 Å². The highest BCUT2D eigenvalue weighted by Gasteiger charge is 2.23. The minimum absolute atomic E-state index is 0.00260. The van der Waals surface area contributed by atoms with Crippen molar-refractivity contribution in [1.29, 1.82) is 0 Å². The van der Waals surface area contributed by atoms with Crippen LogP contribution in [0, 0.1) is 0 Å². The first kappa shape index (κ1) is 14.7. The predicted octanol–water partition coefficient (Wildman–Crippen LogP) is -0.358. The van der Waals surface area contributed by atoms with Gasteiger partial charge >= 0.3 is 12.0 Å². The van der Waals surface area contributed by atoms with E-state index in [1.165, 1.54) is 0 Å². The zero-order valence-corrected chi connectivity index (χ0v) is 10.5. The van der Waals surface area contributed by atoms with Crippen molar-refractivity contribution in [2.75, 3.05) is 26.2 Å². The molecule has 0 aromatic carbocycles. The van der Waals surface area contributed by atoms with Crippen LogP contribution in [-0.4, -0.2) is 65.6 Å². The highest BCUT2D eigenvalue weighted by Crippen LogP contribution is 2.08. The smallest absolute Gasteiger partial charge is 0.332 e. The molecule has 1 rings (SSSR count). The van der Waals surface area contributed by atoms with Gasteiger partial charge in [0.25, 0.3) is 0 Å². The first-order valence-electron chi connectivity index (χ1n) is 6.09. The van der Waals surface area contributed by atoms with Crippen LogP contribution in [0.15, 0.2) is 0 Å². The molecular weight excluding hydrogens is 240 g/mol. The van der Waals surface area contributed by atoms with Crippen molar-refractivity contribution in [3.63, 3.8) is 0 Å². The number of ether oxygens (including phenoxy) is 1. The molecule has 18 heavy (non-hydrogen) atoms. The van der Waals surface area contributed by atoms with Crippen LogP contribution in [0.2, 0.25) is 0 Å². The fourth-order valence-corrected chi connectivity index (χ4v) is 1.70. The molecule has 1 aliphatic heterocycles. The van der Waals surface area contributed by atoms with E-state index in [-0.39, 0.29) is 25.1 Å². The lowest BCUT2D eigenvalue weighted by molar-refractivity contribution is -0.146. The van der Waals surface area contributed by atoms with E-state index >= 15 is 0 Å². The van der Waals surface area contributed by atoms with Crippen LogP contribution >= 0.6 is 0 Å². The number of carbonyl (C=O) groups excluding carboxylic acids is 1. The maximum Gasteiger partial charge on any atom is 0.332 e. The summed E-state index contributed by atoms with van der Waals surface area (Å²) in [4.78, 5) is 23.8. The van der Waals surface area contributed by atoms with Gasteiger partial charge in [0.1, 0.15) is 0 Å². The van der Waals surface area contributed by atoms with Crippen LogP contribution in [0.5, 0.6) is 0 Å². The number of aliphatic hydroxyl groups excluding tert-OH is 1. The minimum atomic E-state index is -1.43. The van der Waals surface area contributed by atoms with Crippen molar-refractivity contribution < 1.29 is 24.5 Å². The standard InChI is InChI=1S/C11H20N2O5/c1-2-8-7-13(5-6-18-8)11(17)12-4-3-9(14)10(15)16/h8-9,14H,2-7H2,1H3,(H,12,17)(H,15,16)/t8?,9-/m0/s1. The number of carbonyl (C=O) groups is 2. The van der Waals surface area contributed by atoms with Gasteiger partial charge in [0.15, 0.2) is 6.10 Å². The monoisotopic (exact) mass is 260 g/mol. The number of morpholine rings is 1. The first-order valence-corrected chi connectivity index (χ1v) is 6.09. The summed E-state index contributed by atoms with van der Waals surface area (Å²) in [5.74, 6) is -1.28. The molecule has 1 aliphatic rings. The first-order chi connectivity index (χ1) is 8.54. The van der Waals surface area contributed by atoms with E-state index in [0.29, 0.717) is 19.7 Å². The maximum absolute atomic E-state index is 11.7. The molecule has 2 atom stereocenters. The second-order valence-electron chi connectivity index (χ2n) is 4.22. The van der Waals surface area contributed by atoms with Crippen molar-refractivity contribution in [2.45, 2.75) is 32.0 Å². The average Bonchev–Trinajstić information content (AvgIpc) is 2.38. The second kappa shape index (κ2) is 7.17. The van der Waals surface area contributed by atoms with Gasteiger partial charge < -0.3 is 25.2 Å². The molecule has 0 saturated carbocycles. The molecule has 0 radical (unpaired) electrons. The fourth-order valence-electron chi connectivity index (χ4n) is 1.70. The third kappa shape index (κ3) is 4.50. The SMILES string of the molecule is CCC1CN(C(=O)NCC[C@H](O)C(=O)O)CCO1. The Labute approximate surface area is 106 Å². The van der Waals surface area contributed by atoms with Gasteiger partial charge in [-0.15, -0.1) is 0 Å². The third-order valence-corrected chi connectivity index (χ3v) is 2.86. The Morgan fingerprint density at radius 1 is 1.56 bits per heavy atom. The number of aliphatic carboxylic acids is 1. The number of carboxylic acids is 1. The molecule has 1 heterocycles. The minimum Gasteiger partial charge on any atom is -0.479 e. The molecule has 0 bridgehead atoms. The quantitative estimate of drug-likeness (QED) is 0.627. The normalized spacial score (nSPS) is 21.4. The molecule has 1 unspecified atom stereocenters. The number of hydrogen-bond donors (Lipinski definition) is 3. The Balaban J connectivity index is 2.26. The van der Waals surface area contributed by atoms with Gasteiger partial charge in [0.05, 0.1) is 12.7 Å². The van der Waals surface area contributed by atoms with Crippen LogP contribution in [0.25, 0.3) is 0 Å². The zero-order valence-electron chi connectivity index (χ0n) is 10.5. The molecule has 3 N–H and O–H groups in total. The summed E-state index contributed by atoms with van der Waals surface area (Å²) >= 11 is 0.